The van der Waals surface area contributed by atoms with Crippen LogP contribution in [0.15, 0.2) is 22.7 Å². The molecule has 104 valence electrons. The van der Waals surface area contributed by atoms with Gasteiger partial charge in [0.05, 0.1) is 0 Å². The van der Waals surface area contributed by atoms with Crippen LogP contribution in [0.5, 0.6) is 0 Å². The molecule has 1 saturated carbocycles. The van der Waals surface area contributed by atoms with Crippen LogP contribution in [0.25, 0.3) is 0 Å². The first-order valence-electron chi connectivity index (χ1n) is 6.73. The number of Topliss-reactive ketones (excluding diaryl/α,β-unsaturated/α-hetero) is 1. The Morgan fingerprint density at radius 1 is 1.32 bits per heavy atom. The van der Waals surface area contributed by atoms with Gasteiger partial charge >= 0.3 is 0 Å². The van der Waals surface area contributed by atoms with E-state index in [1.165, 1.54) is 12.5 Å². The van der Waals surface area contributed by atoms with E-state index in [9.17, 15) is 9.18 Å². The molecule has 0 radical (unpaired) electrons. The van der Waals surface area contributed by atoms with Gasteiger partial charge in [-0.25, -0.2) is 4.39 Å². The normalized spacial score (nSPS) is 18.3. The van der Waals surface area contributed by atoms with Gasteiger partial charge in [-0.1, -0.05) is 35.2 Å². The van der Waals surface area contributed by atoms with Crippen LogP contribution in [0.4, 0.5) is 4.39 Å². The summed E-state index contributed by atoms with van der Waals surface area (Å²) in [6, 6.07) is 4.68. The van der Waals surface area contributed by atoms with Crippen molar-refractivity contribution in [3.63, 3.8) is 0 Å². The SMILES string of the molecule is NC1(CC(=O)Cc2cc(Br)ccc2F)CCCCC1. The highest BCUT2D eigenvalue weighted by atomic mass is 79.9. The second-order valence-electron chi connectivity index (χ2n) is 5.55. The van der Waals surface area contributed by atoms with Crippen LogP contribution in [0.2, 0.25) is 0 Å². The van der Waals surface area contributed by atoms with Gasteiger partial charge in [-0.2, -0.15) is 0 Å². The van der Waals surface area contributed by atoms with E-state index in [2.05, 4.69) is 15.9 Å². The van der Waals surface area contributed by atoms with E-state index in [4.69, 9.17) is 5.73 Å². The molecule has 0 heterocycles. The highest BCUT2D eigenvalue weighted by Gasteiger charge is 2.29. The molecule has 0 saturated heterocycles. The number of carbonyl (C=O) groups excluding carboxylic acids is 1. The third-order valence-corrected chi connectivity index (χ3v) is 4.29. The number of ketones is 1. The molecule has 0 aromatic heterocycles. The summed E-state index contributed by atoms with van der Waals surface area (Å²) >= 11 is 3.29. The fraction of sp³-hybridized carbons (Fsp3) is 0.533. The third kappa shape index (κ3) is 4.11. The van der Waals surface area contributed by atoms with Gasteiger partial charge in [0.15, 0.2) is 0 Å². The maximum atomic E-state index is 13.6. The van der Waals surface area contributed by atoms with Gasteiger partial charge in [-0.15, -0.1) is 0 Å². The summed E-state index contributed by atoms with van der Waals surface area (Å²) in [5.74, 6) is -0.298. The fourth-order valence-electron chi connectivity index (χ4n) is 2.78. The van der Waals surface area contributed by atoms with E-state index in [1.54, 1.807) is 12.1 Å². The average Bonchev–Trinajstić information content (AvgIpc) is 2.34. The highest BCUT2D eigenvalue weighted by Crippen LogP contribution is 2.29. The molecule has 0 aliphatic heterocycles. The molecule has 1 aromatic rings. The Morgan fingerprint density at radius 2 is 2.00 bits per heavy atom. The molecular weight excluding hydrogens is 309 g/mol. The molecular formula is C15H19BrFNO. The van der Waals surface area contributed by atoms with E-state index < -0.39 is 0 Å². The Labute approximate surface area is 121 Å². The zero-order chi connectivity index (χ0) is 13.9. The summed E-state index contributed by atoms with van der Waals surface area (Å²) in [5, 5.41) is 0. The molecule has 19 heavy (non-hydrogen) atoms. The van der Waals surface area contributed by atoms with Gasteiger partial charge < -0.3 is 5.73 Å². The molecule has 2 nitrogen and oxygen atoms in total. The van der Waals surface area contributed by atoms with Crippen molar-refractivity contribution < 1.29 is 9.18 Å². The van der Waals surface area contributed by atoms with Crippen molar-refractivity contribution in [2.24, 2.45) is 5.73 Å². The van der Waals surface area contributed by atoms with Gasteiger partial charge in [-0.05, 0) is 36.6 Å². The lowest BCUT2D eigenvalue weighted by Crippen LogP contribution is -2.43. The van der Waals surface area contributed by atoms with Gasteiger partial charge in [0, 0.05) is 22.9 Å². The molecule has 2 N–H and O–H groups in total. The minimum absolute atomic E-state index is 0.0291. The van der Waals surface area contributed by atoms with Gasteiger partial charge in [0.25, 0.3) is 0 Å². The van der Waals surface area contributed by atoms with Crippen LogP contribution in [0.3, 0.4) is 0 Å². The standard InChI is InChI=1S/C15H19BrFNO/c16-12-4-5-14(17)11(8-12)9-13(19)10-15(18)6-2-1-3-7-15/h4-5,8H,1-3,6-7,9-10,18H2. The summed E-state index contributed by atoms with van der Waals surface area (Å²) in [6.45, 7) is 0. The second-order valence-corrected chi connectivity index (χ2v) is 6.47. The van der Waals surface area contributed by atoms with E-state index in [0.717, 1.165) is 30.2 Å². The van der Waals surface area contributed by atoms with Crippen molar-refractivity contribution in [3.8, 4) is 0 Å². The molecule has 1 aliphatic rings. The zero-order valence-corrected chi connectivity index (χ0v) is 12.5. The van der Waals surface area contributed by atoms with Crippen LogP contribution >= 0.6 is 15.9 Å². The van der Waals surface area contributed by atoms with Gasteiger partial charge in [0.2, 0.25) is 0 Å². The molecule has 2 rings (SSSR count). The summed E-state index contributed by atoms with van der Waals surface area (Å²) in [6.07, 6.45) is 5.68. The van der Waals surface area contributed by atoms with Crippen molar-refractivity contribution in [2.75, 3.05) is 0 Å². The molecule has 0 spiro atoms. The topological polar surface area (TPSA) is 43.1 Å². The van der Waals surface area contributed by atoms with Gasteiger partial charge in [0.1, 0.15) is 11.6 Å². The van der Waals surface area contributed by atoms with E-state index >= 15 is 0 Å². The number of benzene rings is 1. The summed E-state index contributed by atoms with van der Waals surface area (Å²) in [5.41, 5.74) is 6.34. The molecule has 1 fully saturated rings. The Balaban J connectivity index is 1.99. The monoisotopic (exact) mass is 327 g/mol. The fourth-order valence-corrected chi connectivity index (χ4v) is 3.19. The lowest BCUT2D eigenvalue weighted by Gasteiger charge is -2.32. The first-order chi connectivity index (χ1) is 8.98. The number of rotatable bonds is 4. The predicted octanol–water partition coefficient (Wildman–Crippen LogP) is 3.75. The minimum atomic E-state index is -0.363. The van der Waals surface area contributed by atoms with Crippen molar-refractivity contribution in [3.05, 3.63) is 34.1 Å². The van der Waals surface area contributed by atoms with Crippen LogP contribution in [-0.2, 0) is 11.2 Å². The smallest absolute Gasteiger partial charge is 0.139 e. The average molecular weight is 328 g/mol. The number of hydrogen-bond acceptors (Lipinski definition) is 2. The molecule has 1 aromatic carbocycles. The van der Waals surface area contributed by atoms with Gasteiger partial charge in [-0.3, -0.25) is 4.79 Å². The molecule has 0 bridgehead atoms. The number of hydrogen-bond donors (Lipinski definition) is 1. The Bertz CT molecular complexity index is 469. The van der Waals surface area contributed by atoms with E-state index in [-0.39, 0.29) is 23.6 Å². The Kier molecular flexibility index (Phi) is 4.74. The maximum Gasteiger partial charge on any atom is 0.139 e. The van der Waals surface area contributed by atoms with E-state index in [0.29, 0.717) is 12.0 Å². The van der Waals surface area contributed by atoms with Crippen molar-refractivity contribution in [1.82, 2.24) is 0 Å². The largest absolute Gasteiger partial charge is 0.325 e. The van der Waals surface area contributed by atoms with Crippen molar-refractivity contribution >= 4 is 21.7 Å². The number of halogens is 2. The maximum absolute atomic E-state index is 13.6. The molecule has 1 aliphatic carbocycles. The Morgan fingerprint density at radius 3 is 2.68 bits per heavy atom. The predicted molar refractivity (Wildman–Crippen MR) is 77.4 cm³/mol. The Hall–Kier alpha value is -0.740. The van der Waals surface area contributed by atoms with Crippen LogP contribution in [-0.4, -0.2) is 11.3 Å². The highest BCUT2D eigenvalue weighted by molar-refractivity contribution is 9.10. The van der Waals surface area contributed by atoms with Crippen LogP contribution in [0.1, 0.15) is 44.1 Å². The molecule has 0 atom stereocenters. The van der Waals surface area contributed by atoms with Crippen molar-refractivity contribution in [2.45, 2.75) is 50.5 Å². The quantitative estimate of drug-likeness (QED) is 0.915. The summed E-state index contributed by atoms with van der Waals surface area (Å²) in [7, 11) is 0. The van der Waals surface area contributed by atoms with Crippen LogP contribution in [0, 0.1) is 5.82 Å². The number of nitrogens with two attached hydrogens (primary N) is 1. The summed E-state index contributed by atoms with van der Waals surface area (Å²) < 4.78 is 14.4. The third-order valence-electron chi connectivity index (χ3n) is 3.79. The first kappa shape index (κ1) is 14.7. The summed E-state index contributed by atoms with van der Waals surface area (Å²) in [4.78, 5) is 12.1. The van der Waals surface area contributed by atoms with E-state index in [1.807, 2.05) is 0 Å². The number of carbonyl (C=O) groups is 1. The lowest BCUT2D eigenvalue weighted by atomic mass is 9.78. The minimum Gasteiger partial charge on any atom is -0.325 e. The second kappa shape index (κ2) is 6.14. The van der Waals surface area contributed by atoms with Crippen LogP contribution < -0.4 is 5.73 Å². The first-order valence-corrected chi connectivity index (χ1v) is 7.52. The molecule has 0 amide bonds. The molecule has 4 heteroatoms. The lowest BCUT2D eigenvalue weighted by molar-refractivity contribution is -0.119. The molecule has 0 unspecified atom stereocenters. The van der Waals surface area contributed by atoms with Crippen molar-refractivity contribution in [1.29, 1.82) is 0 Å². The zero-order valence-electron chi connectivity index (χ0n) is 10.9.